The molecule has 2 aromatic rings. The van der Waals surface area contributed by atoms with Crippen molar-refractivity contribution in [3.05, 3.63) is 57.6 Å². The Hall–Kier alpha value is -3.35. The summed E-state index contributed by atoms with van der Waals surface area (Å²) in [6, 6.07) is 6.51. The van der Waals surface area contributed by atoms with Crippen LogP contribution >= 0.6 is 0 Å². The molecule has 2 atom stereocenters. The summed E-state index contributed by atoms with van der Waals surface area (Å²) in [6.07, 6.45) is 0.288. The molecular weight excluding hydrogens is 388 g/mol. The van der Waals surface area contributed by atoms with Crippen LogP contribution in [0.2, 0.25) is 0 Å². The number of carbonyl (C=O) groups excluding carboxylic acids is 3. The van der Waals surface area contributed by atoms with Crippen molar-refractivity contribution in [2.45, 2.75) is 45.8 Å². The second-order valence-electron chi connectivity index (χ2n) is 7.63. The Morgan fingerprint density at radius 2 is 1.47 bits per heavy atom. The van der Waals surface area contributed by atoms with E-state index in [-0.39, 0.29) is 34.6 Å². The SMILES string of the molecule is COc1ccc(C(=O)Oc2ccc(C)c3c2C(=O)OC(C)C3)c2c1C(=O)OC(C)C2. The molecule has 2 unspecified atom stereocenters. The molecule has 0 radical (unpaired) electrons. The molecule has 0 bridgehead atoms. The van der Waals surface area contributed by atoms with E-state index in [4.69, 9.17) is 18.9 Å². The molecule has 7 heteroatoms. The highest BCUT2D eigenvalue weighted by Crippen LogP contribution is 2.35. The second kappa shape index (κ2) is 7.48. The van der Waals surface area contributed by atoms with Crippen molar-refractivity contribution >= 4 is 17.9 Å². The van der Waals surface area contributed by atoms with Gasteiger partial charge in [-0.25, -0.2) is 14.4 Å². The predicted octanol–water partition coefficient (Wildman–Crippen LogP) is 3.43. The molecule has 7 nitrogen and oxygen atoms in total. The number of aryl methyl sites for hydroxylation is 1. The smallest absolute Gasteiger partial charge is 0.343 e. The van der Waals surface area contributed by atoms with Crippen LogP contribution in [-0.4, -0.2) is 37.2 Å². The standard InChI is InChI=1S/C23H22O7/c1-11-5-7-18(19-15(11)9-12(2)28-22(19)25)30-21(24)14-6-8-17(27-4)20-16(14)10-13(3)29-23(20)26/h5-8,12-13H,9-10H2,1-4H3. The summed E-state index contributed by atoms with van der Waals surface area (Å²) < 4.78 is 21.5. The highest BCUT2D eigenvalue weighted by molar-refractivity contribution is 6.03. The Balaban J connectivity index is 1.75. The third-order valence-corrected chi connectivity index (χ3v) is 5.43. The number of hydrogen-bond donors (Lipinski definition) is 0. The van der Waals surface area contributed by atoms with E-state index in [1.165, 1.54) is 13.2 Å². The van der Waals surface area contributed by atoms with Crippen LogP contribution in [0.4, 0.5) is 0 Å². The van der Waals surface area contributed by atoms with Crippen LogP contribution in [0.15, 0.2) is 24.3 Å². The number of benzene rings is 2. The van der Waals surface area contributed by atoms with Gasteiger partial charge in [-0.1, -0.05) is 6.07 Å². The van der Waals surface area contributed by atoms with Crippen molar-refractivity contribution < 1.29 is 33.3 Å². The lowest BCUT2D eigenvalue weighted by Crippen LogP contribution is -2.29. The molecule has 0 fully saturated rings. The Morgan fingerprint density at radius 3 is 2.10 bits per heavy atom. The fourth-order valence-corrected chi connectivity index (χ4v) is 4.02. The Morgan fingerprint density at radius 1 is 0.900 bits per heavy atom. The monoisotopic (exact) mass is 410 g/mol. The minimum atomic E-state index is -0.659. The summed E-state index contributed by atoms with van der Waals surface area (Å²) in [6.45, 7) is 5.48. The van der Waals surface area contributed by atoms with Crippen LogP contribution in [0.3, 0.4) is 0 Å². The number of ether oxygens (including phenoxy) is 4. The van der Waals surface area contributed by atoms with E-state index in [1.807, 2.05) is 19.9 Å². The maximum atomic E-state index is 13.1. The zero-order chi connectivity index (χ0) is 21.6. The molecule has 2 heterocycles. The van der Waals surface area contributed by atoms with Crippen molar-refractivity contribution in [2.24, 2.45) is 0 Å². The minimum Gasteiger partial charge on any atom is -0.496 e. The summed E-state index contributed by atoms with van der Waals surface area (Å²) in [5.74, 6) is -1.23. The van der Waals surface area contributed by atoms with E-state index in [1.54, 1.807) is 19.1 Å². The second-order valence-corrected chi connectivity index (χ2v) is 7.63. The molecule has 156 valence electrons. The molecule has 0 amide bonds. The van der Waals surface area contributed by atoms with Gasteiger partial charge in [0, 0.05) is 12.8 Å². The molecule has 0 saturated carbocycles. The maximum absolute atomic E-state index is 13.1. The number of esters is 3. The highest BCUT2D eigenvalue weighted by atomic mass is 16.6. The first kappa shape index (κ1) is 19.9. The van der Waals surface area contributed by atoms with Gasteiger partial charge in [-0.3, -0.25) is 0 Å². The Kier molecular flexibility index (Phi) is 4.97. The molecule has 2 aromatic carbocycles. The van der Waals surface area contributed by atoms with Crippen molar-refractivity contribution in [2.75, 3.05) is 7.11 Å². The fourth-order valence-electron chi connectivity index (χ4n) is 4.02. The van der Waals surface area contributed by atoms with Gasteiger partial charge in [0.15, 0.2) is 0 Å². The maximum Gasteiger partial charge on any atom is 0.343 e. The van der Waals surface area contributed by atoms with Crippen LogP contribution in [-0.2, 0) is 22.3 Å². The molecule has 0 spiro atoms. The number of cyclic esters (lactones) is 2. The lowest BCUT2D eigenvalue weighted by molar-refractivity contribution is 0.0287. The van der Waals surface area contributed by atoms with Crippen LogP contribution in [0.25, 0.3) is 0 Å². The third kappa shape index (κ3) is 3.30. The van der Waals surface area contributed by atoms with E-state index in [0.717, 1.165) is 11.1 Å². The number of carbonyl (C=O) groups is 3. The van der Waals surface area contributed by atoms with Gasteiger partial charge in [0.05, 0.1) is 12.7 Å². The first-order chi connectivity index (χ1) is 14.3. The largest absolute Gasteiger partial charge is 0.496 e. The van der Waals surface area contributed by atoms with Gasteiger partial charge in [0.2, 0.25) is 0 Å². The average Bonchev–Trinajstić information content (AvgIpc) is 2.68. The summed E-state index contributed by atoms with van der Waals surface area (Å²) in [4.78, 5) is 38.0. The normalized spacial score (nSPS) is 19.9. The summed E-state index contributed by atoms with van der Waals surface area (Å²) in [5, 5.41) is 0. The van der Waals surface area contributed by atoms with Crippen molar-refractivity contribution in [3.8, 4) is 11.5 Å². The fraction of sp³-hybridized carbons (Fsp3) is 0.348. The van der Waals surface area contributed by atoms with Crippen LogP contribution < -0.4 is 9.47 Å². The molecule has 2 aliphatic rings. The van der Waals surface area contributed by atoms with E-state index in [0.29, 0.717) is 24.2 Å². The molecule has 0 N–H and O–H groups in total. The van der Waals surface area contributed by atoms with E-state index in [2.05, 4.69) is 0 Å². The molecule has 2 aliphatic heterocycles. The number of methoxy groups -OCH3 is 1. The number of hydrogen-bond acceptors (Lipinski definition) is 7. The Labute approximate surface area is 173 Å². The molecule has 0 aliphatic carbocycles. The van der Waals surface area contributed by atoms with Gasteiger partial charge in [0.1, 0.15) is 34.8 Å². The number of rotatable bonds is 3. The van der Waals surface area contributed by atoms with Crippen LogP contribution in [0.5, 0.6) is 11.5 Å². The van der Waals surface area contributed by atoms with Gasteiger partial charge in [0.25, 0.3) is 0 Å². The average molecular weight is 410 g/mol. The third-order valence-electron chi connectivity index (χ3n) is 5.43. The molecule has 0 aromatic heterocycles. The van der Waals surface area contributed by atoms with E-state index < -0.39 is 17.9 Å². The molecule has 4 rings (SSSR count). The summed E-state index contributed by atoms with van der Waals surface area (Å²) in [5.41, 5.74) is 3.01. The van der Waals surface area contributed by atoms with E-state index in [9.17, 15) is 14.4 Å². The molecule has 0 saturated heterocycles. The van der Waals surface area contributed by atoms with Crippen LogP contribution in [0, 0.1) is 6.92 Å². The zero-order valence-corrected chi connectivity index (χ0v) is 17.2. The quantitative estimate of drug-likeness (QED) is 0.566. The van der Waals surface area contributed by atoms with Gasteiger partial charge in [-0.05, 0) is 55.7 Å². The lowest BCUT2D eigenvalue weighted by Gasteiger charge is -2.26. The van der Waals surface area contributed by atoms with Gasteiger partial charge in [-0.15, -0.1) is 0 Å². The van der Waals surface area contributed by atoms with Crippen LogP contribution in [0.1, 0.15) is 61.6 Å². The zero-order valence-electron chi connectivity index (χ0n) is 17.2. The number of fused-ring (bicyclic) bond motifs is 2. The first-order valence-electron chi connectivity index (χ1n) is 9.76. The van der Waals surface area contributed by atoms with Crippen molar-refractivity contribution in [1.82, 2.24) is 0 Å². The van der Waals surface area contributed by atoms with Crippen molar-refractivity contribution in [1.29, 1.82) is 0 Å². The van der Waals surface area contributed by atoms with Crippen molar-refractivity contribution in [3.63, 3.8) is 0 Å². The Bertz CT molecular complexity index is 1070. The molecule has 30 heavy (non-hydrogen) atoms. The first-order valence-corrected chi connectivity index (χ1v) is 9.76. The van der Waals surface area contributed by atoms with Gasteiger partial charge >= 0.3 is 17.9 Å². The predicted molar refractivity (Wildman–Crippen MR) is 106 cm³/mol. The minimum absolute atomic E-state index is 0.147. The summed E-state index contributed by atoms with van der Waals surface area (Å²) in [7, 11) is 1.45. The topological polar surface area (TPSA) is 88.1 Å². The van der Waals surface area contributed by atoms with Gasteiger partial charge in [-0.2, -0.15) is 0 Å². The molecular formula is C23H22O7. The lowest BCUT2D eigenvalue weighted by atomic mass is 9.92. The summed E-state index contributed by atoms with van der Waals surface area (Å²) >= 11 is 0. The van der Waals surface area contributed by atoms with E-state index >= 15 is 0 Å². The van der Waals surface area contributed by atoms with Gasteiger partial charge < -0.3 is 18.9 Å². The highest BCUT2D eigenvalue weighted by Gasteiger charge is 2.33.